The predicted octanol–water partition coefficient (Wildman–Crippen LogP) is 3.06. The molecule has 0 aliphatic carbocycles. The summed E-state index contributed by atoms with van der Waals surface area (Å²) in [6.07, 6.45) is 0.863. The summed E-state index contributed by atoms with van der Waals surface area (Å²) in [4.78, 5) is 26.1. The number of amides is 1. The normalized spacial score (nSPS) is 16.3. The number of esters is 1. The summed E-state index contributed by atoms with van der Waals surface area (Å²) < 4.78 is 4.67. The fraction of sp³-hybridized carbons (Fsp3) is 0.222. The van der Waals surface area contributed by atoms with E-state index in [4.69, 9.17) is 0 Å². The Bertz CT molecular complexity index is 721. The van der Waals surface area contributed by atoms with Gasteiger partial charge >= 0.3 is 5.97 Å². The van der Waals surface area contributed by atoms with Gasteiger partial charge in [0.05, 0.1) is 12.7 Å². The maximum Gasteiger partial charge on any atom is 0.337 e. The summed E-state index contributed by atoms with van der Waals surface area (Å²) in [6, 6.07) is 14.7. The van der Waals surface area contributed by atoms with Gasteiger partial charge in [0, 0.05) is 17.3 Å². The number of rotatable bonds is 2. The van der Waals surface area contributed by atoms with E-state index in [-0.39, 0.29) is 11.9 Å². The van der Waals surface area contributed by atoms with Crippen molar-refractivity contribution in [3.8, 4) is 0 Å². The Kier molecular flexibility index (Phi) is 3.67. The maximum absolute atomic E-state index is 12.8. The van der Waals surface area contributed by atoms with Crippen molar-refractivity contribution in [3.05, 3.63) is 65.2 Å². The lowest BCUT2D eigenvalue weighted by molar-refractivity contribution is 0.0600. The first-order valence-corrected chi connectivity index (χ1v) is 7.21. The number of anilines is 1. The zero-order valence-corrected chi connectivity index (χ0v) is 12.6. The molecule has 112 valence electrons. The number of hydrogen-bond acceptors (Lipinski definition) is 3. The summed E-state index contributed by atoms with van der Waals surface area (Å²) in [7, 11) is 1.34. The maximum atomic E-state index is 12.8. The van der Waals surface area contributed by atoms with Crippen molar-refractivity contribution in [2.45, 2.75) is 19.4 Å². The standard InChI is InChI=1S/C18H17NO3/c1-12-11-15-5-3-4-6-16(15)19(12)17(20)13-7-9-14(10-8-13)18(21)22-2/h3-10,12H,11H2,1-2H3. The fourth-order valence-electron chi connectivity index (χ4n) is 2.88. The Morgan fingerprint density at radius 2 is 1.68 bits per heavy atom. The van der Waals surface area contributed by atoms with Crippen LogP contribution in [0.25, 0.3) is 0 Å². The van der Waals surface area contributed by atoms with Gasteiger partial charge in [-0.15, -0.1) is 0 Å². The van der Waals surface area contributed by atoms with Crippen LogP contribution in [0, 0.1) is 0 Å². The lowest BCUT2D eigenvalue weighted by Gasteiger charge is -2.22. The van der Waals surface area contributed by atoms with Crippen molar-refractivity contribution in [3.63, 3.8) is 0 Å². The number of carbonyl (C=O) groups excluding carboxylic acids is 2. The first kappa shape index (κ1) is 14.3. The highest BCUT2D eigenvalue weighted by atomic mass is 16.5. The third kappa shape index (κ3) is 2.37. The van der Waals surface area contributed by atoms with Crippen LogP contribution in [0.15, 0.2) is 48.5 Å². The number of nitrogens with zero attached hydrogens (tertiary/aromatic N) is 1. The molecule has 0 saturated carbocycles. The van der Waals surface area contributed by atoms with Crippen molar-refractivity contribution >= 4 is 17.6 Å². The van der Waals surface area contributed by atoms with Gasteiger partial charge < -0.3 is 9.64 Å². The van der Waals surface area contributed by atoms with Gasteiger partial charge in [0.15, 0.2) is 0 Å². The molecule has 4 nitrogen and oxygen atoms in total. The smallest absolute Gasteiger partial charge is 0.337 e. The Morgan fingerprint density at radius 1 is 1.05 bits per heavy atom. The van der Waals surface area contributed by atoms with Gasteiger partial charge in [-0.3, -0.25) is 4.79 Å². The molecule has 2 aromatic carbocycles. The zero-order chi connectivity index (χ0) is 15.7. The van der Waals surface area contributed by atoms with E-state index in [2.05, 4.69) is 10.8 Å². The lowest BCUT2D eigenvalue weighted by Crippen LogP contribution is -2.35. The van der Waals surface area contributed by atoms with Crippen LogP contribution < -0.4 is 4.90 Å². The topological polar surface area (TPSA) is 46.6 Å². The van der Waals surface area contributed by atoms with E-state index in [0.717, 1.165) is 12.1 Å². The molecule has 1 unspecified atom stereocenters. The minimum Gasteiger partial charge on any atom is -0.465 e. The SMILES string of the molecule is COC(=O)c1ccc(C(=O)N2c3ccccc3CC2C)cc1. The van der Waals surface area contributed by atoms with Gasteiger partial charge in [-0.25, -0.2) is 4.79 Å². The number of ether oxygens (including phenoxy) is 1. The van der Waals surface area contributed by atoms with Gasteiger partial charge in [-0.2, -0.15) is 0 Å². The van der Waals surface area contributed by atoms with Crippen LogP contribution in [0.1, 0.15) is 33.2 Å². The second-order valence-corrected chi connectivity index (χ2v) is 5.43. The van der Waals surface area contributed by atoms with Crippen LogP contribution in [0.5, 0.6) is 0 Å². The van der Waals surface area contributed by atoms with Crippen LogP contribution in [-0.2, 0) is 11.2 Å². The molecule has 0 N–H and O–H groups in total. The third-order valence-corrected chi connectivity index (χ3v) is 3.98. The molecule has 4 heteroatoms. The van der Waals surface area contributed by atoms with Crippen molar-refractivity contribution < 1.29 is 14.3 Å². The fourth-order valence-corrected chi connectivity index (χ4v) is 2.88. The Labute approximate surface area is 129 Å². The molecule has 0 saturated heterocycles. The number of fused-ring (bicyclic) bond motifs is 1. The molecule has 0 fully saturated rings. The zero-order valence-electron chi connectivity index (χ0n) is 12.6. The number of benzene rings is 2. The predicted molar refractivity (Wildman–Crippen MR) is 84.2 cm³/mol. The van der Waals surface area contributed by atoms with Crippen molar-refractivity contribution in [1.29, 1.82) is 0 Å². The van der Waals surface area contributed by atoms with Crippen molar-refractivity contribution in [2.24, 2.45) is 0 Å². The molecular weight excluding hydrogens is 278 g/mol. The summed E-state index contributed by atoms with van der Waals surface area (Å²) in [5.41, 5.74) is 3.16. The molecular formula is C18H17NO3. The van der Waals surface area contributed by atoms with E-state index in [9.17, 15) is 9.59 Å². The van der Waals surface area contributed by atoms with E-state index in [0.29, 0.717) is 11.1 Å². The molecule has 1 aliphatic rings. The molecule has 0 radical (unpaired) electrons. The molecule has 0 aromatic heterocycles. The molecule has 2 aromatic rings. The third-order valence-electron chi connectivity index (χ3n) is 3.98. The van der Waals surface area contributed by atoms with E-state index >= 15 is 0 Å². The second kappa shape index (κ2) is 5.64. The number of carbonyl (C=O) groups is 2. The number of para-hydroxylation sites is 1. The second-order valence-electron chi connectivity index (χ2n) is 5.43. The van der Waals surface area contributed by atoms with Crippen molar-refractivity contribution in [2.75, 3.05) is 12.0 Å². The van der Waals surface area contributed by atoms with E-state index in [1.54, 1.807) is 24.3 Å². The number of methoxy groups -OCH3 is 1. The molecule has 0 bridgehead atoms. The molecule has 0 spiro atoms. The van der Waals surface area contributed by atoms with E-state index < -0.39 is 5.97 Å². The summed E-state index contributed by atoms with van der Waals surface area (Å²) in [5.74, 6) is -0.451. The van der Waals surface area contributed by atoms with Crippen LogP contribution in [-0.4, -0.2) is 25.0 Å². The van der Waals surface area contributed by atoms with Crippen LogP contribution in [0.3, 0.4) is 0 Å². The Hall–Kier alpha value is -2.62. The quantitative estimate of drug-likeness (QED) is 0.800. The number of hydrogen-bond donors (Lipinski definition) is 0. The van der Waals surface area contributed by atoms with Gasteiger partial charge in [0.25, 0.3) is 5.91 Å². The summed E-state index contributed by atoms with van der Waals surface area (Å²) in [5, 5.41) is 0. The van der Waals surface area contributed by atoms with E-state index in [1.165, 1.54) is 12.7 Å². The molecule has 1 atom stereocenters. The average molecular weight is 295 g/mol. The Balaban J connectivity index is 1.90. The van der Waals surface area contributed by atoms with Crippen molar-refractivity contribution in [1.82, 2.24) is 0 Å². The first-order valence-electron chi connectivity index (χ1n) is 7.21. The summed E-state index contributed by atoms with van der Waals surface area (Å²) in [6.45, 7) is 2.04. The van der Waals surface area contributed by atoms with Crippen LogP contribution in [0.4, 0.5) is 5.69 Å². The molecule has 1 heterocycles. The summed E-state index contributed by atoms with van der Waals surface area (Å²) >= 11 is 0. The van der Waals surface area contributed by atoms with Crippen LogP contribution >= 0.6 is 0 Å². The van der Waals surface area contributed by atoms with Gasteiger partial charge in [-0.05, 0) is 49.2 Å². The largest absolute Gasteiger partial charge is 0.465 e. The highest BCUT2D eigenvalue weighted by Crippen LogP contribution is 2.33. The van der Waals surface area contributed by atoms with Gasteiger partial charge in [0.1, 0.15) is 0 Å². The van der Waals surface area contributed by atoms with Crippen LogP contribution in [0.2, 0.25) is 0 Å². The molecule has 1 aliphatic heterocycles. The highest BCUT2D eigenvalue weighted by Gasteiger charge is 2.31. The average Bonchev–Trinajstić information content (AvgIpc) is 2.89. The highest BCUT2D eigenvalue weighted by molar-refractivity contribution is 6.08. The van der Waals surface area contributed by atoms with E-state index in [1.807, 2.05) is 30.0 Å². The minimum absolute atomic E-state index is 0.0473. The van der Waals surface area contributed by atoms with Gasteiger partial charge in [0.2, 0.25) is 0 Å². The molecule has 22 heavy (non-hydrogen) atoms. The Morgan fingerprint density at radius 3 is 2.36 bits per heavy atom. The van der Waals surface area contributed by atoms with Gasteiger partial charge in [-0.1, -0.05) is 18.2 Å². The molecule has 3 rings (SSSR count). The first-order chi connectivity index (χ1) is 10.6. The lowest BCUT2D eigenvalue weighted by atomic mass is 10.1. The molecule has 1 amide bonds. The monoisotopic (exact) mass is 295 g/mol. The minimum atomic E-state index is -0.404.